The number of pyridine rings is 1. The van der Waals surface area contributed by atoms with Gasteiger partial charge in [-0.15, -0.1) is 0 Å². The number of nitrogens with two attached hydrogens (primary N) is 1. The van der Waals surface area contributed by atoms with Gasteiger partial charge in [0.05, 0.1) is 0 Å². The van der Waals surface area contributed by atoms with E-state index in [4.69, 9.17) is 17.3 Å². The van der Waals surface area contributed by atoms with Gasteiger partial charge in [0.2, 0.25) is 0 Å². The summed E-state index contributed by atoms with van der Waals surface area (Å²) < 4.78 is 0. The number of halogens is 1. The standard InChI is InChI=1S/C25H25ClN4O/c26-23-21(17-3-1-15(2-4-17)16-7-10-28-11-8-16)14-22(24(27)30-23)18-5-6-20-19(13-18)9-12-29-25(20)31/h1-6,13-14,16,28H,7-12H2,(H2,27,30)(H,29,31). The molecule has 0 unspecified atom stereocenters. The van der Waals surface area contributed by atoms with E-state index in [1.54, 1.807) is 0 Å². The molecule has 0 atom stereocenters. The third-order valence-electron chi connectivity index (χ3n) is 6.38. The molecule has 0 aliphatic carbocycles. The summed E-state index contributed by atoms with van der Waals surface area (Å²) in [6.07, 6.45) is 3.15. The maximum atomic E-state index is 12.1. The quantitative estimate of drug-likeness (QED) is 0.536. The van der Waals surface area contributed by atoms with Crippen LogP contribution in [0, 0.1) is 0 Å². The second-order valence-corrected chi connectivity index (χ2v) is 8.64. The summed E-state index contributed by atoms with van der Waals surface area (Å²) >= 11 is 6.49. The molecule has 2 aromatic carbocycles. The summed E-state index contributed by atoms with van der Waals surface area (Å²) in [7, 11) is 0. The van der Waals surface area contributed by atoms with Gasteiger partial charge in [-0.3, -0.25) is 4.79 Å². The van der Waals surface area contributed by atoms with Gasteiger partial charge in [-0.2, -0.15) is 0 Å². The molecule has 0 spiro atoms. The Labute approximate surface area is 187 Å². The highest BCUT2D eigenvalue weighted by Gasteiger charge is 2.19. The summed E-state index contributed by atoms with van der Waals surface area (Å²) in [6, 6.07) is 16.5. The van der Waals surface area contributed by atoms with Crippen molar-refractivity contribution in [1.82, 2.24) is 15.6 Å². The smallest absolute Gasteiger partial charge is 0.251 e. The lowest BCUT2D eigenvalue weighted by Crippen LogP contribution is -2.31. The molecule has 31 heavy (non-hydrogen) atoms. The Morgan fingerprint density at radius 1 is 0.903 bits per heavy atom. The van der Waals surface area contributed by atoms with Crippen LogP contribution in [0.3, 0.4) is 0 Å². The van der Waals surface area contributed by atoms with Crippen molar-refractivity contribution >= 4 is 23.3 Å². The molecule has 1 fully saturated rings. The summed E-state index contributed by atoms with van der Waals surface area (Å²) in [6.45, 7) is 2.80. The number of hydrogen-bond acceptors (Lipinski definition) is 4. The Bertz CT molecular complexity index is 1140. The number of nitrogens with one attached hydrogen (secondary N) is 2. The van der Waals surface area contributed by atoms with E-state index in [2.05, 4.69) is 39.9 Å². The largest absolute Gasteiger partial charge is 0.383 e. The van der Waals surface area contributed by atoms with Gasteiger partial charge in [-0.1, -0.05) is 48.0 Å². The third kappa shape index (κ3) is 3.91. The van der Waals surface area contributed by atoms with E-state index in [1.807, 2.05) is 24.3 Å². The number of nitrogens with zero attached hydrogens (tertiary/aromatic N) is 1. The van der Waals surface area contributed by atoms with Gasteiger partial charge in [-0.25, -0.2) is 4.98 Å². The molecule has 1 aromatic heterocycles. The number of hydrogen-bond donors (Lipinski definition) is 3. The Balaban J connectivity index is 1.50. The molecule has 0 saturated carbocycles. The number of carbonyl (C=O) groups is 1. The molecule has 0 bridgehead atoms. The number of carbonyl (C=O) groups excluding carboxylic acids is 1. The van der Waals surface area contributed by atoms with E-state index < -0.39 is 0 Å². The van der Waals surface area contributed by atoms with E-state index in [0.29, 0.717) is 23.4 Å². The van der Waals surface area contributed by atoms with Crippen molar-refractivity contribution in [1.29, 1.82) is 0 Å². The van der Waals surface area contributed by atoms with Crippen molar-refractivity contribution < 1.29 is 4.79 Å². The van der Waals surface area contributed by atoms with Crippen LogP contribution in [0.4, 0.5) is 5.82 Å². The molecular weight excluding hydrogens is 408 g/mol. The van der Waals surface area contributed by atoms with Crippen LogP contribution in [-0.4, -0.2) is 30.5 Å². The Morgan fingerprint density at radius 3 is 2.42 bits per heavy atom. The summed E-state index contributed by atoms with van der Waals surface area (Å²) in [4.78, 5) is 16.5. The van der Waals surface area contributed by atoms with Gasteiger partial charge in [-0.05, 0) is 72.7 Å². The van der Waals surface area contributed by atoms with Gasteiger partial charge in [0.1, 0.15) is 11.0 Å². The Hall–Kier alpha value is -2.89. The van der Waals surface area contributed by atoms with Crippen molar-refractivity contribution in [3.63, 3.8) is 0 Å². The molecule has 3 heterocycles. The molecule has 4 N–H and O–H groups in total. The van der Waals surface area contributed by atoms with Crippen molar-refractivity contribution in [2.75, 3.05) is 25.4 Å². The van der Waals surface area contributed by atoms with E-state index in [1.165, 1.54) is 18.4 Å². The Morgan fingerprint density at radius 2 is 1.65 bits per heavy atom. The zero-order valence-electron chi connectivity index (χ0n) is 17.2. The fraction of sp³-hybridized carbons (Fsp3) is 0.280. The van der Waals surface area contributed by atoms with Crippen LogP contribution in [0.5, 0.6) is 0 Å². The highest BCUT2D eigenvalue weighted by molar-refractivity contribution is 6.32. The molecule has 0 radical (unpaired) electrons. The third-order valence-corrected chi connectivity index (χ3v) is 6.67. The molecule has 2 aliphatic rings. The number of rotatable bonds is 3. The van der Waals surface area contributed by atoms with Gasteiger partial charge >= 0.3 is 0 Å². The zero-order valence-corrected chi connectivity index (χ0v) is 18.0. The molecule has 5 nitrogen and oxygen atoms in total. The lowest BCUT2D eigenvalue weighted by atomic mass is 9.89. The average molecular weight is 433 g/mol. The number of aromatic nitrogens is 1. The van der Waals surface area contributed by atoms with Crippen LogP contribution in [0.1, 0.15) is 40.2 Å². The van der Waals surface area contributed by atoms with Crippen LogP contribution < -0.4 is 16.4 Å². The van der Waals surface area contributed by atoms with Crippen molar-refractivity contribution in [2.45, 2.75) is 25.2 Å². The topological polar surface area (TPSA) is 80.0 Å². The first-order valence-corrected chi connectivity index (χ1v) is 11.2. The highest BCUT2D eigenvalue weighted by Crippen LogP contribution is 2.36. The van der Waals surface area contributed by atoms with Crippen LogP contribution in [0.15, 0.2) is 48.5 Å². The van der Waals surface area contributed by atoms with E-state index >= 15 is 0 Å². The second kappa shape index (κ2) is 8.33. The number of fused-ring (bicyclic) bond motifs is 1. The fourth-order valence-corrected chi connectivity index (χ4v) is 4.88. The normalized spacial score (nSPS) is 16.6. The summed E-state index contributed by atoms with van der Waals surface area (Å²) in [5.41, 5.74) is 13.0. The molecule has 3 aromatic rings. The van der Waals surface area contributed by atoms with E-state index in [-0.39, 0.29) is 5.91 Å². The number of nitrogen functional groups attached to an aromatic ring is 1. The van der Waals surface area contributed by atoms with Crippen molar-refractivity contribution in [3.8, 4) is 22.3 Å². The molecular formula is C25H25ClN4O. The maximum Gasteiger partial charge on any atom is 0.251 e. The summed E-state index contributed by atoms with van der Waals surface area (Å²) in [5.74, 6) is 0.975. The minimum Gasteiger partial charge on any atom is -0.383 e. The lowest BCUT2D eigenvalue weighted by Gasteiger charge is -2.23. The van der Waals surface area contributed by atoms with Gasteiger partial charge in [0.15, 0.2) is 0 Å². The van der Waals surface area contributed by atoms with Crippen molar-refractivity contribution in [2.24, 2.45) is 0 Å². The summed E-state index contributed by atoms with van der Waals surface area (Å²) in [5, 5.41) is 6.69. The van der Waals surface area contributed by atoms with Gasteiger partial charge < -0.3 is 16.4 Å². The second-order valence-electron chi connectivity index (χ2n) is 8.28. The first kappa shape index (κ1) is 20.0. The predicted molar refractivity (Wildman–Crippen MR) is 125 cm³/mol. The molecule has 1 amide bonds. The molecule has 6 heteroatoms. The predicted octanol–water partition coefficient (Wildman–Crippen LogP) is 4.40. The fourth-order valence-electron chi connectivity index (χ4n) is 4.62. The monoisotopic (exact) mass is 432 g/mol. The van der Waals surface area contributed by atoms with E-state index in [9.17, 15) is 4.79 Å². The van der Waals surface area contributed by atoms with Crippen LogP contribution in [-0.2, 0) is 6.42 Å². The zero-order chi connectivity index (χ0) is 21.4. The van der Waals surface area contributed by atoms with Crippen molar-refractivity contribution in [3.05, 3.63) is 70.4 Å². The van der Waals surface area contributed by atoms with Crippen LogP contribution in [0.25, 0.3) is 22.3 Å². The van der Waals surface area contributed by atoms with E-state index in [0.717, 1.165) is 52.9 Å². The van der Waals surface area contributed by atoms with Crippen LogP contribution >= 0.6 is 11.6 Å². The first-order valence-electron chi connectivity index (χ1n) is 10.8. The maximum absolute atomic E-state index is 12.1. The number of amides is 1. The van der Waals surface area contributed by atoms with Gasteiger partial charge in [0.25, 0.3) is 5.91 Å². The highest BCUT2D eigenvalue weighted by atomic mass is 35.5. The number of anilines is 1. The number of piperidine rings is 1. The Kier molecular flexibility index (Phi) is 5.38. The van der Waals surface area contributed by atoms with Gasteiger partial charge in [0, 0.05) is 23.2 Å². The molecule has 5 rings (SSSR count). The lowest BCUT2D eigenvalue weighted by molar-refractivity contribution is 0.0946. The molecule has 1 saturated heterocycles. The average Bonchev–Trinajstić information content (AvgIpc) is 2.80. The first-order chi connectivity index (χ1) is 15.1. The molecule has 2 aliphatic heterocycles. The molecule has 158 valence electrons. The number of benzene rings is 2. The SMILES string of the molecule is Nc1nc(Cl)c(-c2ccc(C3CCNCC3)cc2)cc1-c1ccc2c(c1)CCNC2=O. The minimum atomic E-state index is -0.0236. The van der Waals surface area contributed by atoms with Crippen LogP contribution in [0.2, 0.25) is 5.15 Å². The minimum absolute atomic E-state index is 0.0236.